The third kappa shape index (κ3) is 8.51. The van der Waals surface area contributed by atoms with Crippen LogP contribution >= 0.6 is 0 Å². The number of rotatable bonds is 12. The molecule has 0 aliphatic heterocycles. The number of unbranched alkanes of at least 4 members (excludes halogenated alkanes) is 2. The molecule has 0 bridgehead atoms. The molecular weight excluding hydrogens is 404 g/mol. The second kappa shape index (κ2) is 13.7. The second-order valence-electron chi connectivity index (χ2n) is 7.14. The van der Waals surface area contributed by atoms with E-state index in [9.17, 15) is 14.9 Å². The zero-order chi connectivity index (χ0) is 21.1. The SMILES string of the molecule is CCCCN(CCCC)CCc1ccc(OC(=O)c2ccc([N+](=O)[O-])cc2)cc1.[Cl-]. The molecule has 0 saturated heterocycles. The van der Waals surface area contributed by atoms with Crippen molar-refractivity contribution in [1.29, 1.82) is 0 Å². The lowest BCUT2D eigenvalue weighted by atomic mass is 10.1. The summed E-state index contributed by atoms with van der Waals surface area (Å²) in [6.45, 7) is 7.74. The van der Waals surface area contributed by atoms with Crippen molar-refractivity contribution in [2.75, 3.05) is 19.6 Å². The van der Waals surface area contributed by atoms with E-state index in [4.69, 9.17) is 4.74 Å². The highest BCUT2D eigenvalue weighted by molar-refractivity contribution is 5.91. The maximum atomic E-state index is 12.2. The van der Waals surface area contributed by atoms with Crippen LogP contribution in [0.15, 0.2) is 48.5 Å². The van der Waals surface area contributed by atoms with Crippen molar-refractivity contribution >= 4 is 11.7 Å². The van der Waals surface area contributed by atoms with Gasteiger partial charge in [-0.3, -0.25) is 10.1 Å². The van der Waals surface area contributed by atoms with E-state index in [-0.39, 0.29) is 23.7 Å². The first kappa shape index (κ1) is 25.6. The van der Waals surface area contributed by atoms with Crippen LogP contribution in [0.4, 0.5) is 5.69 Å². The van der Waals surface area contributed by atoms with Crippen LogP contribution in [0, 0.1) is 10.1 Å². The highest BCUT2D eigenvalue weighted by Gasteiger charge is 2.12. The molecule has 0 aliphatic rings. The Morgan fingerprint density at radius 2 is 1.50 bits per heavy atom. The number of nitrogens with zero attached hydrogens (tertiary/aromatic N) is 2. The molecular formula is C23H30ClN2O4-. The predicted molar refractivity (Wildman–Crippen MR) is 114 cm³/mol. The quantitative estimate of drug-likeness (QED) is 0.222. The van der Waals surface area contributed by atoms with Crippen molar-refractivity contribution in [2.24, 2.45) is 0 Å². The third-order valence-electron chi connectivity index (χ3n) is 4.82. The maximum absolute atomic E-state index is 12.2. The third-order valence-corrected chi connectivity index (χ3v) is 4.82. The van der Waals surface area contributed by atoms with Crippen molar-refractivity contribution in [2.45, 2.75) is 46.0 Å². The Morgan fingerprint density at radius 1 is 0.933 bits per heavy atom. The number of esters is 1. The number of non-ortho nitro benzene ring substituents is 1. The maximum Gasteiger partial charge on any atom is 0.343 e. The first-order chi connectivity index (χ1) is 14.0. The standard InChI is InChI=1S/C23H30N2O4.ClH/c1-3-5-16-24(17-6-4-2)18-15-19-7-13-22(14-8-19)29-23(26)20-9-11-21(12-10-20)25(27)28;/h7-14H,3-6,15-18H2,1-2H3;1H/p-1. The Kier molecular flexibility index (Phi) is 11.7. The van der Waals surface area contributed by atoms with Gasteiger partial charge in [-0.15, -0.1) is 0 Å². The van der Waals surface area contributed by atoms with Gasteiger partial charge in [-0.1, -0.05) is 38.8 Å². The number of hydrogen-bond acceptors (Lipinski definition) is 5. The summed E-state index contributed by atoms with van der Waals surface area (Å²) in [5, 5.41) is 10.7. The molecule has 7 heteroatoms. The normalized spacial score (nSPS) is 10.5. The molecule has 0 N–H and O–H groups in total. The molecule has 0 saturated carbocycles. The fraction of sp³-hybridized carbons (Fsp3) is 0.435. The van der Waals surface area contributed by atoms with Crippen LogP contribution < -0.4 is 17.1 Å². The number of nitro benzene ring substituents is 1. The summed E-state index contributed by atoms with van der Waals surface area (Å²) in [5.74, 6) is -0.0659. The van der Waals surface area contributed by atoms with Crippen LogP contribution in [0.25, 0.3) is 0 Å². The zero-order valence-electron chi connectivity index (χ0n) is 17.7. The van der Waals surface area contributed by atoms with Gasteiger partial charge >= 0.3 is 5.97 Å². The largest absolute Gasteiger partial charge is 1.00 e. The molecule has 0 atom stereocenters. The molecule has 2 rings (SSSR count). The van der Waals surface area contributed by atoms with E-state index >= 15 is 0 Å². The Bertz CT molecular complexity index is 771. The molecule has 0 aromatic heterocycles. The second-order valence-corrected chi connectivity index (χ2v) is 7.14. The van der Waals surface area contributed by atoms with Crippen molar-refractivity contribution < 1.29 is 26.9 Å². The molecule has 0 fully saturated rings. The van der Waals surface area contributed by atoms with E-state index in [2.05, 4.69) is 18.7 Å². The minimum atomic E-state index is -0.530. The van der Waals surface area contributed by atoms with Gasteiger partial charge in [0.2, 0.25) is 0 Å². The number of carbonyl (C=O) groups excluding carboxylic acids is 1. The van der Waals surface area contributed by atoms with Gasteiger partial charge in [0, 0.05) is 18.7 Å². The monoisotopic (exact) mass is 433 g/mol. The predicted octanol–water partition coefficient (Wildman–Crippen LogP) is 2.26. The molecule has 0 heterocycles. The van der Waals surface area contributed by atoms with Gasteiger partial charge in [-0.2, -0.15) is 0 Å². The lowest BCUT2D eigenvalue weighted by molar-refractivity contribution is -0.384. The first-order valence-electron chi connectivity index (χ1n) is 10.3. The minimum Gasteiger partial charge on any atom is -1.00 e. The molecule has 2 aromatic rings. The Balaban J connectivity index is 0.00000450. The van der Waals surface area contributed by atoms with Crippen molar-refractivity contribution in [3.8, 4) is 5.75 Å². The van der Waals surface area contributed by atoms with Gasteiger partial charge in [-0.05, 0) is 62.2 Å². The molecule has 6 nitrogen and oxygen atoms in total. The topological polar surface area (TPSA) is 72.7 Å². The molecule has 30 heavy (non-hydrogen) atoms. The van der Waals surface area contributed by atoms with Crippen molar-refractivity contribution in [3.05, 3.63) is 69.8 Å². The van der Waals surface area contributed by atoms with Crippen LogP contribution in [0.5, 0.6) is 5.75 Å². The van der Waals surface area contributed by atoms with Crippen LogP contribution in [0.2, 0.25) is 0 Å². The molecule has 0 amide bonds. The van der Waals surface area contributed by atoms with E-state index in [1.165, 1.54) is 55.5 Å². The summed E-state index contributed by atoms with van der Waals surface area (Å²) >= 11 is 0. The minimum absolute atomic E-state index is 0. The lowest BCUT2D eigenvalue weighted by Crippen LogP contribution is -3.00. The molecule has 0 spiro atoms. The zero-order valence-corrected chi connectivity index (χ0v) is 18.4. The molecule has 0 aliphatic carbocycles. The van der Waals surface area contributed by atoms with Crippen molar-refractivity contribution in [3.63, 3.8) is 0 Å². The summed E-state index contributed by atoms with van der Waals surface area (Å²) < 4.78 is 5.37. The van der Waals surface area contributed by atoms with Gasteiger partial charge in [-0.25, -0.2) is 4.79 Å². The highest BCUT2D eigenvalue weighted by Crippen LogP contribution is 2.17. The summed E-state index contributed by atoms with van der Waals surface area (Å²) in [5.41, 5.74) is 1.43. The van der Waals surface area contributed by atoms with Gasteiger partial charge < -0.3 is 22.0 Å². The summed E-state index contributed by atoms with van der Waals surface area (Å²) in [6.07, 6.45) is 5.82. The number of benzene rings is 2. The number of nitro groups is 1. The van der Waals surface area contributed by atoms with Crippen LogP contribution in [0.1, 0.15) is 55.5 Å². The Morgan fingerprint density at radius 3 is 2.00 bits per heavy atom. The van der Waals surface area contributed by atoms with E-state index in [0.717, 1.165) is 26.1 Å². The van der Waals surface area contributed by atoms with Gasteiger partial charge in [0.25, 0.3) is 5.69 Å². The number of halogens is 1. The average Bonchev–Trinajstić information content (AvgIpc) is 2.74. The van der Waals surface area contributed by atoms with E-state index in [1.54, 1.807) is 12.1 Å². The van der Waals surface area contributed by atoms with Gasteiger partial charge in [0.05, 0.1) is 10.5 Å². The van der Waals surface area contributed by atoms with E-state index in [0.29, 0.717) is 5.75 Å². The Labute approximate surface area is 184 Å². The smallest absolute Gasteiger partial charge is 0.343 e. The van der Waals surface area contributed by atoms with Gasteiger partial charge in [0.15, 0.2) is 0 Å². The van der Waals surface area contributed by atoms with E-state index < -0.39 is 10.9 Å². The van der Waals surface area contributed by atoms with E-state index in [1.807, 2.05) is 12.1 Å². The van der Waals surface area contributed by atoms with Gasteiger partial charge in [0.1, 0.15) is 5.75 Å². The summed E-state index contributed by atoms with van der Waals surface area (Å²) in [6, 6.07) is 12.9. The van der Waals surface area contributed by atoms with Crippen molar-refractivity contribution in [1.82, 2.24) is 4.90 Å². The number of carbonyl (C=O) groups is 1. The first-order valence-corrected chi connectivity index (χ1v) is 10.3. The van der Waals surface area contributed by atoms with Crippen LogP contribution in [-0.4, -0.2) is 35.4 Å². The average molecular weight is 434 g/mol. The highest BCUT2D eigenvalue weighted by atomic mass is 35.5. The fourth-order valence-electron chi connectivity index (χ4n) is 3.00. The number of ether oxygens (including phenoxy) is 1. The Hall–Kier alpha value is -2.44. The van der Waals surface area contributed by atoms with Crippen LogP contribution in [0.3, 0.4) is 0 Å². The summed E-state index contributed by atoms with van der Waals surface area (Å²) in [4.78, 5) is 24.9. The molecule has 0 radical (unpaired) electrons. The molecule has 0 unspecified atom stereocenters. The van der Waals surface area contributed by atoms with Crippen LogP contribution in [-0.2, 0) is 6.42 Å². The fourth-order valence-corrected chi connectivity index (χ4v) is 3.00. The molecule has 164 valence electrons. The molecule has 2 aromatic carbocycles. The summed E-state index contributed by atoms with van der Waals surface area (Å²) in [7, 11) is 0. The lowest BCUT2D eigenvalue weighted by Gasteiger charge is -2.22. The number of hydrogen-bond donors (Lipinski definition) is 0.